The van der Waals surface area contributed by atoms with E-state index in [1.54, 1.807) is 0 Å². The van der Waals surface area contributed by atoms with Crippen LogP contribution in [-0.2, 0) is 10.6 Å². The minimum absolute atomic E-state index is 0.0278. The second kappa shape index (κ2) is 5.54. The Labute approximate surface area is 104 Å². The van der Waals surface area contributed by atoms with E-state index in [4.69, 9.17) is 11.6 Å². The lowest BCUT2D eigenvalue weighted by Crippen LogP contribution is -2.08. The molecule has 0 saturated heterocycles. The summed E-state index contributed by atoms with van der Waals surface area (Å²) in [5.74, 6) is -0.887. The monoisotopic (exact) mass is 313 g/mol. The minimum Gasteiger partial charge on any atom is -0.465 e. The van der Waals surface area contributed by atoms with Crippen LogP contribution in [0.4, 0.5) is 8.78 Å². The highest BCUT2D eigenvalue weighted by Gasteiger charge is 2.23. The predicted octanol–water partition coefficient (Wildman–Crippen LogP) is 3.31. The van der Waals surface area contributed by atoms with Crippen molar-refractivity contribution in [3.63, 3.8) is 0 Å². The number of aromatic nitrogens is 1. The summed E-state index contributed by atoms with van der Waals surface area (Å²) in [6, 6.07) is 0. The van der Waals surface area contributed by atoms with Crippen molar-refractivity contribution in [2.24, 2.45) is 0 Å². The van der Waals surface area contributed by atoms with Gasteiger partial charge >= 0.3 is 5.97 Å². The lowest BCUT2D eigenvalue weighted by atomic mass is 10.1. The maximum Gasteiger partial charge on any atom is 0.340 e. The number of rotatable bonds is 3. The van der Waals surface area contributed by atoms with Gasteiger partial charge < -0.3 is 4.74 Å². The van der Waals surface area contributed by atoms with Gasteiger partial charge in [0.25, 0.3) is 6.43 Å². The van der Waals surface area contributed by atoms with E-state index in [9.17, 15) is 13.6 Å². The van der Waals surface area contributed by atoms with Crippen molar-refractivity contribution in [2.45, 2.75) is 12.3 Å². The summed E-state index contributed by atoms with van der Waals surface area (Å²) in [6.45, 7) is 0. The lowest BCUT2D eigenvalue weighted by Gasteiger charge is -2.10. The molecule has 0 amide bonds. The summed E-state index contributed by atoms with van der Waals surface area (Å²) in [4.78, 5) is 14.9. The molecule has 16 heavy (non-hydrogen) atoms. The maximum atomic E-state index is 12.7. The third-order valence-corrected chi connectivity index (χ3v) is 2.99. The van der Waals surface area contributed by atoms with Gasteiger partial charge in [-0.15, -0.1) is 11.6 Å². The third kappa shape index (κ3) is 2.49. The second-order valence-corrected chi connectivity index (χ2v) is 3.83. The molecular formula is C9H7BrClF2NO2. The zero-order valence-electron chi connectivity index (χ0n) is 8.14. The number of ether oxygens (including phenoxy) is 1. The molecule has 1 aromatic rings. The Morgan fingerprint density at radius 3 is 2.75 bits per heavy atom. The van der Waals surface area contributed by atoms with Crippen molar-refractivity contribution >= 4 is 33.5 Å². The molecule has 0 saturated carbocycles. The fourth-order valence-corrected chi connectivity index (χ4v) is 2.00. The van der Waals surface area contributed by atoms with Crippen LogP contribution in [0.2, 0.25) is 0 Å². The van der Waals surface area contributed by atoms with Crippen LogP contribution in [0.25, 0.3) is 0 Å². The van der Waals surface area contributed by atoms with Gasteiger partial charge in [-0.2, -0.15) is 0 Å². The molecule has 7 heteroatoms. The Bertz CT molecular complexity index is 415. The van der Waals surface area contributed by atoms with Crippen molar-refractivity contribution in [2.75, 3.05) is 7.11 Å². The zero-order valence-corrected chi connectivity index (χ0v) is 10.5. The van der Waals surface area contributed by atoms with Gasteiger partial charge in [-0.3, -0.25) is 4.98 Å². The van der Waals surface area contributed by atoms with E-state index in [2.05, 4.69) is 25.7 Å². The standard InChI is InChI=1S/C9H7BrClF2NO2/c1-16-9(15)4-3-14-5(2-11)6(7(4)10)8(12)13/h3,8H,2H2,1H3. The van der Waals surface area contributed by atoms with Gasteiger partial charge in [0, 0.05) is 10.7 Å². The zero-order chi connectivity index (χ0) is 12.3. The molecule has 0 radical (unpaired) electrons. The Morgan fingerprint density at radius 1 is 1.69 bits per heavy atom. The molecule has 0 bridgehead atoms. The highest BCUT2D eigenvalue weighted by molar-refractivity contribution is 9.10. The van der Waals surface area contributed by atoms with Gasteiger partial charge in [0.15, 0.2) is 0 Å². The van der Waals surface area contributed by atoms with Gasteiger partial charge in [0.2, 0.25) is 0 Å². The van der Waals surface area contributed by atoms with E-state index < -0.39 is 12.4 Å². The van der Waals surface area contributed by atoms with Crippen LogP contribution < -0.4 is 0 Å². The summed E-state index contributed by atoms with van der Waals surface area (Å²) in [5.41, 5.74) is -0.388. The van der Waals surface area contributed by atoms with Gasteiger partial charge in [0.05, 0.1) is 29.8 Å². The Hall–Kier alpha value is -0.750. The van der Waals surface area contributed by atoms with E-state index in [-0.39, 0.29) is 27.2 Å². The third-order valence-electron chi connectivity index (χ3n) is 1.88. The number of carbonyl (C=O) groups is 1. The van der Waals surface area contributed by atoms with Crippen molar-refractivity contribution in [3.8, 4) is 0 Å². The number of carbonyl (C=O) groups excluding carboxylic acids is 1. The highest BCUT2D eigenvalue weighted by atomic mass is 79.9. The number of hydrogen-bond acceptors (Lipinski definition) is 3. The summed E-state index contributed by atoms with van der Waals surface area (Å²) in [6.07, 6.45) is -1.61. The maximum absolute atomic E-state index is 12.7. The number of pyridine rings is 1. The fraction of sp³-hybridized carbons (Fsp3) is 0.333. The van der Waals surface area contributed by atoms with E-state index >= 15 is 0 Å². The predicted molar refractivity (Wildman–Crippen MR) is 57.8 cm³/mol. The largest absolute Gasteiger partial charge is 0.465 e. The molecule has 0 aliphatic carbocycles. The molecule has 0 aliphatic heterocycles. The van der Waals surface area contributed by atoms with Crippen LogP contribution in [-0.4, -0.2) is 18.1 Å². The van der Waals surface area contributed by atoms with E-state index in [1.165, 1.54) is 0 Å². The van der Waals surface area contributed by atoms with Gasteiger partial charge in [-0.25, -0.2) is 13.6 Å². The average Bonchev–Trinajstić information content (AvgIpc) is 2.26. The first-order chi connectivity index (χ1) is 7.52. The molecule has 0 spiro atoms. The van der Waals surface area contributed by atoms with Gasteiger partial charge in [-0.05, 0) is 15.9 Å². The molecule has 88 valence electrons. The number of nitrogens with zero attached hydrogens (tertiary/aromatic N) is 1. The van der Waals surface area contributed by atoms with Crippen molar-refractivity contribution in [1.82, 2.24) is 4.98 Å². The van der Waals surface area contributed by atoms with Crippen LogP contribution in [0.15, 0.2) is 10.7 Å². The highest BCUT2D eigenvalue weighted by Crippen LogP contribution is 2.33. The van der Waals surface area contributed by atoms with Gasteiger partial charge in [0.1, 0.15) is 0 Å². The Balaban J connectivity index is 3.37. The van der Waals surface area contributed by atoms with Crippen LogP contribution >= 0.6 is 27.5 Å². The number of esters is 1. The first-order valence-electron chi connectivity index (χ1n) is 4.12. The van der Waals surface area contributed by atoms with Crippen molar-refractivity contribution < 1.29 is 18.3 Å². The number of alkyl halides is 3. The number of hydrogen-bond donors (Lipinski definition) is 0. The summed E-state index contributed by atoms with van der Waals surface area (Å²) in [5, 5.41) is 0. The molecule has 3 nitrogen and oxygen atoms in total. The molecule has 0 unspecified atom stereocenters. The van der Waals surface area contributed by atoms with Crippen LogP contribution in [0.5, 0.6) is 0 Å². The smallest absolute Gasteiger partial charge is 0.340 e. The first kappa shape index (κ1) is 13.3. The topological polar surface area (TPSA) is 39.2 Å². The van der Waals surface area contributed by atoms with Crippen molar-refractivity contribution in [3.05, 3.63) is 27.5 Å². The normalized spacial score (nSPS) is 10.6. The molecule has 0 N–H and O–H groups in total. The lowest BCUT2D eigenvalue weighted by molar-refractivity contribution is 0.0598. The molecule has 0 aromatic carbocycles. The van der Waals surface area contributed by atoms with Crippen molar-refractivity contribution in [1.29, 1.82) is 0 Å². The molecule has 1 aromatic heterocycles. The fourth-order valence-electron chi connectivity index (χ4n) is 1.12. The Kier molecular flexibility index (Phi) is 4.61. The van der Waals surface area contributed by atoms with Crippen LogP contribution in [0, 0.1) is 0 Å². The average molecular weight is 315 g/mol. The molecule has 1 rings (SSSR count). The summed E-state index contributed by atoms with van der Waals surface area (Å²) < 4.78 is 29.9. The van der Waals surface area contributed by atoms with Crippen LogP contribution in [0.3, 0.4) is 0 Å². The second-order valence-electron chi connectivity index (χ2n) is 2.77. The molecule has 0 fully saturated rings. The number of methoxy groups -OCH3 is 1. The molecule has 0 aliphatic rings. The van der Waals surface area contributed by atoms with E-state index in [1.807, 2.05) is 0 Å². The number of halogens is 4. The summed E-state index contributed by atoms with van der Waals surface area (Å²) in [7, 11) is 1.16. The molecule has 1 heterocycles. The van der Waals surface area contributed by atoms with Crippen LogP contribution in [0.1, 0.15) is 28.0 Å². The van der Waals surface area contributed by atoms with E-state index in [0.717, 1.165) is 13.3 Å². The molecule has 0 atom stereocenters. The molecular weight excluding hydrogens is 307 g/mol. The quantitative estimate of drug-likeness (QED) is 0.635. The Morgan fingerprint density at radius 2 is 2.31 bits per heavy atom. The van der Waals surface area contributed by atoms with E-state index in [0.29, 0.717) is 0 Å². The minimum atomic E-state index is -2.76. The summed E-state index contributed by atoms with van der Waals surface area (Å²) >= 11 is 8.42. The van der Waals surface area contributed by atoms with Gasteiger partial charge in [-0.1, -0.05) is 0 Å². The SMILES string of the molecule is COC(=O)c1cnc(CCl)c(C(F)F)c1Br. The first-order valence-corrected chi connectivity index (χ1v) is 5.45.